The van der Waals surface area contributed by atoms with Gasteiger partial charge in [0.15, 0.2) is 0 Å². The molecule has 0 aromatic heterocycles. The van der Waals surface area contributed by atoms with E-state index in [9.17, 15) is 22.7 Å². The lowest BCUT2D eigenvalue weighted by Crippen LogP contribution is -2.50. The number of aliphatic hydroxyl groups is 1. The van der Waals surface area contributed by atoms with Crippen LogP contribution in [0.4, 0.5) is 4.39 Å². The molecule has 202 valence electrons. The molecule has 37 heavy (non-hydrogen) atoms. The Bertz CT molecular complexity index is 1200. The molecule has 0 aliphatic carbocycles. The summed E-state index contributed by atoms with van der Waals surface area (Å²) in [5.41, 5.74) is 1.39. The van der Waals surface area contributed by atoms with Crippen molar-refractivity contribution in [1.29, 1.82) is 0 Å². The second-order valence-corrected chi connectivity index (χ2v) is 11.9. The van der Waals surface area contributed by atoms with Gasteiger partial charge in [-0.1, -0.05) is 25.1 Å². The molecule has 2 aromatic rings. The SMILES string of the molecule is C[C@@H]1CN([C@H](C)CO)S(=O)(=O)c2ccc(-c3ccc(F)cc3)cc2O[C@H]1CN(C)C(=O)C1CCOCC1. The number of sulfonamides is 1. The molecule has 0 saturated carbocycles. The molecule has 0 radical (unpaired) electrons. The second-order valence-electron chi connectivity index (χ2n) is 10.0. The number of carbonyl (C=O) groups excluding carboxylic acids is 1. The smallest absolute Gasteiger partial charge is 0.247 e. The van der Waals surface area contributed by atoms with Crippen molar-refractivity contribution in [3.05, 3.63) is 48.3 Å². The summed E-state index contributed by atoms with van der Waals surface area (Å²) in [7, 11) is -2.24. The van der Waals surface area contributed by atoms with E-state index in [4.69, 9.17) is 9.47 Å². The molecule has 0 spiro atoms. The molecular weight excluding hydrogens is 499 g/mol. The number of aliphatic hydroxyl groups excluding tert-OH is 1. The van der Waals surface area contributed by atoms with Gasteiger partial charge in [0.2, 0.25) is 15.9 Å². The molecule has 2 aliphatic rings. The highest BCUT2D eigenvalue weighted by molar-refractivity contribution is 7.89. The van der Waals surface area contributed by atoms with Gasteiger partial charge in [-0.3, -0.25) is 4.79 Å². The van der Waals surface area contributed by atoms with Crippen molar-refractivity contribution < 1.29 is 32.2 Å². The zero-order chi connectivity index (χ0) is 26.7. The highest BCUT2D eigenvalue weighted by Crippen LogP contribution is 2.36. The zero-order valence-corrected chi connectivity index (χ0v) is 22.3. The number of rotatable bonds is 6. The Kier molecular flexibility index (Phi) is 8.52. The molecule has 1 N–H and O–H groups in total. The van der Waals surface area contributed by atoms with E-state index in [1.807, 2.05) is 6.92 Å². The average molecular weight is 535 g/mol. The number of benzene rings is 2. The third-order valence-electron chi connectivity index (χ3n) is 7.25. The molecule has 1 amide bonds. The van der Waals surface area contributed by atoms with Gasteiger partial charge in [0.05, 0.1) is 13.2 Å². The summed E-state index contributed by atoms with van der Waals surface area (Å²) in [5.74, 6) is -0.564. The third kappa shape index (κ3) is 5.98. The zero-order valence-electron chi connectivity index (χ0n) is 21.5. The van der Waals surface area contributed by atoms with E-state index in [1.165, 1.54) is 22.5 Å². The van der Waals surface area contributed by atoms with Crippen LogP contribution < -0.4 is 4.74 Å². The second kappa shape index (κ2) is 11.5. The van der Waals surface area contributed by atoms with Crippen LogP contribution in [0.15, 0.2) is 47.4 Å². The van der Waals surface area contributed by atoms with E-state index < -0.39 is 22.2 Å². The van der Waals surface area contributed by atoms with Crippen LogP contribution in [0.3, 0.4) is 0 Å². The van der Waals surface area contributed by atoms with Crippen molar-refractivity contribution in [3.63, 3.8) is 0 Å². The Morgan fingerprint density at radius 2 is 1.81 bits per heavy atom. The minimum absolute atomic E-state index is 0.00558. The maximum Gasteiger partial charge on any atom is 0.247 e. The first kappa shape index (κ1) is 27.5. The third-order valence-corrected chi connectivity index (χ3v) is 9.26. The van der Waals surface area contributed by atoms with Gasteiger partial charge in [-0.05, 0) is 55.2 Å². The predicted octanol–water partition coefficient (Wildman–Crippen LogP) is 3.15. The number of hydrogen-bond acceptors (Lipinski definition) is 6. The van der Waals surface area contributed by atoms with Crippen molar-refractivity contribution in [3.8, 4) is 16.9 Å². The van der Waals surface area contributed by atoms with E-state index in [2.05, 4.69) is 0 Å². The number of halogens is 1. The molecule has 8 nitrogen and oxygen atoms in total. The van der Waals surface area contributed by atoms with Gasteiger partial charge in [-0.25, -0.2) is 12.8 Å². The fourth-order valence-electron chi connectivity index (χ4n) is 4.88. The summed E-state index contributed by atoms with van der Waals surface area (Å²) in [4.78, 5) is 14.8. The molecule has 0 bridgehead atoms. The number of amides is 1. The first-order valence-corrected chi connectivity index (χ1v) is 14.1. The Balaban J connectivity index is 1.71. The van der Waals surface area contributed by atoms with Crippen LogP contribution in [0.5, 0.6) is 5.75 Å². The van der Waals surface area contributed by atoms with Gasteiger partial charge in [-0.2, -0.15) is 4.31 Å². The largest absolute Gasteiger partial charge is 0.487 e. The normalized spacial score (nSPS) is 23.3. The molecule has 1 saturated heterocycles. The van der Waals surface area contributed by atoms with Crippen molar-refractivity contribution in [2.45, 2.75) is 43.7 Å². The Morgan fingerprint density at radius 1 is 1.16 bits per heavy atom. The number of carbonyl (C=O) groups is 1. The fraction of sp³-hybridized carbons (Fsp3) is 0.519. The molecule has 3 atom stereocenters. The Labute approximate surface area is 218 Å². The minimum Gasteiger partial charge on any atom is -0.487 e. The highest BCUT2D eigenvalue weighted by atomic mass is 32.2. The summed E-state index contributed by atoms with van der Waals surface area (Å²) in [5, 5.41) is 9.83. The van der Waals surface area contributed by atoms with Gasteiger partial charge in [0.25, 0.3) is 0 Å². The predicted molar refractivity (Wildman–Crippen MR) is 137 cm³/mol. The van der Waals surface area contributed by atoms with E-state index in [1.54, 1.807) is 43.1 Å². The lowest BCUT2D eigenvalue weighted by molar-refractivity contribution is -0.138. The van der Waals surface area contributed by atoms with Gasteiger partial charge in [0.1, 0.15) is 22.6 Å². The highest BCUT2D eigenvalue weighted by Gasteiger charge is 2.39. The molecule has 2 aromatic carbocycles. The van der Waals surface area contributed by atoms with Crippen molar-refractivity contribution >= 4 is 15.9 Å². The monoisotopic (exact) mass is 534 g/mol. The topological polar surface area (TPSA) is 96.4 Å². The lowest BCUT2D eigenvalue weighted by Gasteiger charge is -2.38. The number of hydrogen-bond donors (Lipinski definition) is 1. The van der Waals surface area contributed by atoms with Crippen LogP contribution in [0.25, 0.3) is 11.1 Å². The van der Waals surface area contributed by atoms with Crippen LogP contribution in [0.1, 0.15) is 26.7 Å². The summed E-state index contributed by atoms with van der Waals surface area (Å²) < 4.78 is 53.9. The molecule has 2 heterocycles. The molecule has 0 unspecified atom stereocenters. The minimum atomic E-state index is -3.98. The van der Waals surface area contributed by atoms with Crippen LogP contribution in [0.2, 0.25) is 0 Å². The van der Waals surface area contributed by atoms with Crippen LogP contribution in [0, 0.1) is 17.7 Å². The number of nitrogens with zero attached hydrogens (tertiary/aromatic N) is 2. The lowest BCUT2D eigenvalue weighted by atomic mass is 9.97. The first-order chi connectivity index (χ1) is 17.6. The Hall–Kier alpha value is -2.53. The van der Waals surface area contributed by atoms with E-state index in [0.29, 0.717) is 37.2 Å². The molecule has 10 heteroatoms. The molecular formula is C27H35FN2O6S. The maximum atomic E-state index is 13.7. The number of likely N-dealkylation sites (N-methyl/N-ethyl adjacent to an activating group) is 1. The van der Waals surface area contributed by atoms with Crippen LogP contribution in [-0.4, -0.2) is 80.7 Å². The standard InChI is InChI=1S/C27H35FN2O6S/c1-18-15-30(19(2)17-31)37(33,34)26-9-6-22(20-4-7-23(28)8-5-20)14-24(26)36-25(18)16-29(3)27(32)21-10-12-35-13-11-21/h4-9,14,18-19,21,25,31H,10-13,15-17H2,1-3H3/t18-,19-,25+/m1/s1. The van der Waals surface area contributed by atoms with E-state index in [-0.39, 0.29) is 53.9 Å². The van der Waals surface area contributed by atoms with Gasteiger partial charge in [-0.15, -0.1) is 0 Å². The summed E-state index contributed by atoms with van der Waals surface area (Å²) in [6, 6.07) is 10.1. The van der Waals surface area contributed by atoms with Crippen molar-refractivity contribution in [2.24, 2.45) is 11.8 Å². The number of fused-ring (bicyclic) bond motifs is 1. The van der Waals surface area contributed by atoms with E-state index in [0.717, 1.165) is 0 Å². The fourth-order valence-corrected chi connectivity index (χ4v) is 6.71. The van der Waals surface area contributed by atoms with Crippen LogP contribution in [-0.2, 0) is 19.6 Å². The van der Waals surface area contributed by atoms with Crippen molar-refractivity contribution in [1.82, 2.24) is 9.21 Å². The summed E-state index contributed by atoms with van der Waals surface area (Å²) >= 11 is 0. The van der Waals surface area contributed by atoms with Crippen LogP contribution >= 0.6 is 0 Å². The van der Waals surface area contributed by atoms with Gasteiger partial charge >= 0.3 is 0 Å². The average Bonchev–Trinajstić information content (AvgIpc) is 2.90. The quantitative estimate of drug-likeness (QED) is 0.612. The molecule has 1 fully saturated rings. The molecule has 4 rings (SSSR count). The van der Waals surface area contributed by atoms with E-state index >= 15 is 0 Å². The number of ether oxygens (including phenoxy) is 2. The maximum absolute atomic E-state index is 13.7. The van der Waals surface area contributed by atoms with Gasteiger partial charge in [0, 0.05) is 44.7 Å². The first-order valence-electron chi connectivity index (χ1n) is 12.6. The Morgan fingerprint density at radius 3 is 2.46 bits per heavy atom. The van der Waals surface area contributed by atoms with Crippen molar-refractivity contribution in [2.75, 3.05) is 40.0 Å². The summed E-state index contributed by atoms with van der Waals surface area (Å²) in [6.07, 6.45) is 0.849. The molecule has 2 aliphatic heterocycles. The van der Waals surface area contributed by atoms with Gasteiger partial charge < -0.3 is 19.5 Å². The summed E-state index contributed by atoms with van der Waals surface area (Å²) in [6.45, 7) is 4.75.